The van der Waals surface area contributed by atoms with Crippen LogP contribution in [0.25, 0.3) is 0 Å². The number of hydrogen-bond donors (Lipinski definition) is 0. The summed E-state index contributed by atoms with van der Waals surface area (Å²) < 4.78 is 0. The van der Waals surface area contributed by atoms with Crippen LogP contribution >= 0.6 is 0 Å². The van der Waals surface area contributed by atoms with Crippen molar-refractivity contribution in [1.29, 1.82) is 0 Å². The molecule has 0 aromatic heterocycles. The molecule has 34 heavy (non-hydrogen) atoms. The molecular weight excluding hydrogens is 574 g/mol. The van der Waals surface area contributed by atoms with Gasteiger partial charge in [0.2, 0.25) is 0 Å². The van der Waals surface area contributed by atoms with Crippen molar-refractivity contribution in [2.24, 2.45) is 0 Å². The van der Waals surface area contributed by atoms with Gasteiger partial charge < -0.3 is 110 Å². The summed E-state index contributed by atoms with van der Waals surface area (Å²) in [5, 5.41) is 89.3. The topological polar surface area (TPSA) is 464 Å². The van der Waals surface area contributed by atoms with E-state index in [2.05, 4.69) is 0 Å². The standard InChI is InChI=1S/5C2H2O4.2H2O.2V/c5*3-1(4)2(5)6;;;;/h5*(H,3,4)(H,5,6);2*1H2;;/q;;;;;;;2*+5/p-10. The zero-order chi connectivity index (χ0) is 25.8. The zero-order valence-electron chi connectivity index (χ0n) is 15.1. The molecule has 0 spiro atoms. The van der Waals surface area contributed by atoms with E-state index in [1.807, 2.05) is 0 Å². The van der Waals surface area contributed by atoms with Crippen molar-refractivity contribution < 1.29 is 147 Å². The van der Waals surface area contributed by atoms with Crippen molar-refractivity contribution in [3.05, 3.63) is 0 Å². The van der Waals surface area contributed by atoms with Crippen molar-refractivity contribution in [3.8, 4) is 0 Å². The Balaban J connectivity index is -0.0000000319. The Bertz CT molecular complexity index is 509. The molecule has 186 valence electrons. The Morgan fingerprint density at radius 3 is 0.265 bits per heavy atom. The molecule has 0 unspecified atom stereocenters. The van der Waals surface area contributed by atoms with Crippen molar-refractivity contribution in [2.75, 3.05) is 0 Å². The van der Waals surface area contributed by atoms with Gasteiger partial charge in [-0.3, -0.25) is 0 Å². The van der Waals surface area contributed by atoms with E-state index >= 15 is 0 Å². The summed E-state index contributed by atoms with van der Waals surface area (Å²) in [5.74, 6) is -21.9. The molecule has 0 aliphatic rings. The molecule has 0 amide bonds. The average Bonchev–Trinajstić information content (AvgIpc) is 2.56. The van der Waals surface area contributed by atoms with Crippen molar-refractivity contribution in [1.82, 2.24) is 0 Å². The Morgan fingerprint density at radius 2 is 0.265 bits per heavy atom. The first-order chi connectivity index (χ1) is 13.2. The number of rotatable bonds is 0. The second-order valence-electron chi connectivity index (χ2n) is 2.87. The second kappa shape index (κ2) is 33.4. The van der Waals surface area contributed by atoms with Crippen molar-refractivity contribution in [2.45, 2.75) is 0 Å². The minimum atomic E-state index is -2.19. The van der Waals surface area contributed by atoms with E-state index in [0.29, 0.717) is 0 Å². The number of aliphatic carboxylic acids is 10. The van der Waals surface area contributed by atoms with Gasteiger partial charge in [0.05, 0.1) is 59.7 Å². The molecule has 4 N–H and O–H groups in total. The van der Waals surface area contributed by atoms with Crippen LogP contribution in [0.3, 0.4) is 0 Å². The zero-order valence-corrected chi connectivity index (χ0v) is 17.9. The fourth-order valence-electron chi connectivity index (χ4n) is 0. The molecule has 0 fully saturated rings. The van der Waals surface area contributed by atoms with Gasteiger partial charge in [0.25, 0.3) is 0 Å². The van der Waals surface area contributed by atoms with Gasteiger partial charge in [0, 0.05) is 0 Å². The first-order valence-corrected chi connectivity index (χ1v) is 5.33. The predicted molar refractivity (Wildman–Crippen MR) is 57.3 cm³/mol. The van der Waals surface area contributed by atoms with E-state index in [1.54, 1.807) is 0 Å². The van der Waals surface area contributed by atoms with Crippen molar-refractivity contribution in [3.63, 3.8) is 0 Å². The van der Waals surface area contributed by atoms with Crippen LogP contribution in [0.5, 0.6) is 0 Å². The predicted octanol–water partition coefficient (Wildman–Crippen LogP) is -19.2. The van der Waals surface area contributed by atoms with Crippen LogP contribution in [0.4, 0.5) is 0 Å². The van der Waals surface area contributed by atoms with Gasteiger partial charge in [0.1, 0.15) is 0 Å². The molecule has 22 nitrogen and oxygen atoms in total. The normalized spacial score (nSPS) is 6.47. The Hall–Kier alpha value is -4.21. The Kier molecular flexibility index (Phi) is 56.2. The summed E-state index contributed by atoms with van der Waals surface area (Å²) in [5.41, 5.74) is 0. The van der Waals surface area contributed by atoms with Gasteiger partial charge in [-0.05, 0) is 0 Å². The third kappa shape index (κ3) is 80.0. The summed E-state index contributed by atoms with van der Waals surface area (Å²) in [6.07, 6.45) is 0. The minimum Gasteiger partial charge on any atom is -0.543 e. The van der Waals surface area contributed by atoms with E-state index in [9.17, 15) is 0 Å². The SMILES string of the molecule is O.O.O=C([O-])C(=O)[O-].O=C([O-])C(=O)[O-].O=C([O-])C(=O)[O-].O=C([O-])C(=O)[O-].O=C([O-])C(=O)[O-].[V+5].[V+5]. The van der Waals surface area contributed by atoms with Gasteiger partial charge >= 0.3 is 37.1 Å². The molecular formula is C10H4O22V2. The number of carboxylic acids is 10. The molecule has 0 bridgehead atoms. The summed E-state index contributed by atoms with van der Waals surface area (Å²) in [4.78, 5) is 89.3. The van der Waals surface area contributed by atoms with E-state index in [1.165, 1.54) is 0 Å². The summed E-state index contributed by atoms with van der Waals surface area (Å²) in [6.45, 7) is 0. The van der Waals surface area contributed by atoms with E-state index in [-0.39, 0.29) is 48.1 Å². The van der Waals surface area contributed by atoms with E-state index < -0.39 is 59.7 Å². The van der Waals surface area contributed by atoms with Gasteiger partial charge in [-0.25, -0.2) is 0 Å². The number of carboxylic acid groups (broad SMARTS) is 10. The maximum Gasteiger partial charge on any atom is 5.00 e. The smallest absolute Gasteiger partial charge is 0.543 e. The molecule has 0 heterocycles. The van der Waals surface area contributed by atoms with Crippen LogP contribution < -0.4 is 51.1 Å². The van der Waals surface area contributed by atoms with Gasteiger partial charge in [-0.1, -0.05) is 0 Å². The quantitative estimate of drug-likeness (QED) is 0.241. The maximum atomic E-state index is 8.93. The molecule has 0 atom stereocenters. The minimum absolute atomic E-state index is 0. The molecule has 0 aliphatic carbocycles. The number of carbonyl (C=O) groups is 10. The fraction of sp³-hybridized carbons (Fsp3) is 0. The monoisotopic (exact) mass is 578 g/mol. The second-order valence-corrected chi connectivity index (χ2v) is 2.87. The van der Waals surface area contributed by atoms with Crippen LogP contribution in [0.2, 0.25) is 0 Å². The van der Waals surface area contributed by atoms with Gasteiger partial charge in [-0.2, -0.15) is 0 Å². The largest absolute Gasteiger partial charge is 5.00 e. The molecule has 0 radical (unpaired) electrons. The number of hydrogen-bond acceptors (Lipinski definition) is 20. The first kappa shape index (κ1) is 57.1. The molecule has 0 aromatic rings. The maximum absolute atomic E-state index is 8.93. The molecule has 0 saturated heterocycles. The van der Waals surface area contributed by atoms with E-state index in [0.717, 1.165) is 0 Å². The van der Waals surface area contributed by atoms with Crippen LogP contribution in [-0.2, 0) is 85.1 Å². The third-order valence-electron chi connectivity index (χ3n) is 0.833. The number of carbonyl (C=O) groups excluding carboxylic acids is 10. The Labute approximate surface area is 207 Å². The molecule has 24 heteroatoms. The molecule has 0 rings (SSSR count). The summed E-state index contributed by atoms with van der Waals surface area (Å²) in [6, 6.07) is 0. The van der Waals surface area contributed by atoms with Crippen LogP contribution in [-0.4, -0.2) is 70.6 Å². The molecule has 0 aromatic carbocycles. The fourth-order valence-corrected chi connectivity index (χ4v) is 0. The first-order valence-electron chi connectivity index (χ1n) is 5.33. The van der Waals surface area contributed by atoms with Crippen LogP contribution in [0, 0.1) is 0 Å². The van der Waals surface area contributed by atoms with Gasteiger partial charge in [-0.15, -0.1) is 0 Å². The molecule has 0 saturated carbocycles. The van der Waals surface area contributed by atoms with Crippen LogP contribution in [0.15, 0.2) is 0 Å². The summed E-state index contributed by atoms with van der Waals surface area (Å²) in [7, 11) is 0. The average molecular weight is 578 g/mol. The van der Waals surface area contributed by atoms with Crippen LogP contribution in [0.1, 0.15) is 0 Å². The van der Waals surface area contributed by atoms with Crippen molar-refractivity contribution >= 4 is 59.7 Å². The summed E-state index contributed by atoms with van der Waals surface area (Å²) >= 11 is 0. The van der Waals surface area contributed by atoms with E-state index in [4.69, 9.17) is 99.0 Å². The Morgan fingerprint density at radius 1 is 0.235 bits per heavy atom. The third-order valence-corrected chi connectivity index (χ3v) is 0.833. The molecule has 0 aliphatic heterocycles. The van der Waals surface area contributed by atoms with Gasteiger partial charge in [0.15, 0.2) is 0 Å².